The van der Waals surface area contributed by atoms with Crippen LogP contribution in [0.2, 0.25) is 0 Å². The highest BCUT2D eigenvalue weighted by atomic mass is 31.2. The summed E-state index contributed by atoms with van der Waals surface area (Å²) < 4.78 is 35.7. The number of nitrogens with two attached hydrogens (primary N) is 1. The van der Waals surface area contributed by atoms with Crippen LogP contribution in [0.1, 0.15) is 25.3 Å². The van der Waals surface area contributed by atoms with Gasteiger partial charge in [0.05, 0.1) is 13.2 Å². The molecular weight excluding hydrogens is 474 g/mol. The minimum Gasteiger partial charge on any atom is -0.493 e. The molecule has 1 unspecified atom stereocenters. The van der Waals surface area contributed by atoms with E-state index in [4.69, 9.17) is 20.3 Å². The van der Waals surface area contributed by atoms with Crippen molar-refractivity contribution in [1.82, 2.24) is 0 Å². The summed E-state index contributed by atoms with van der Waals surface area (Å²) in [5.41, 5.74) is 6.74. The second kappa shape index (κ2) is 11.1. The third-order valence-electron chi connectivity index (χ3n) is 5.31. The second-order valence-electron chi connectivity index (χ2n) is 8.48. The molecule has 1 amide bonds. The molecule has 2 atom stereocenters. The van der Waals surface area contributed by atoms with E-state index in [2.05, 4.69) is 9.84 Å². The van der Waals surface area contributed by atoms with Gasteiger partial charge < -0.3 is 25.6 Å². The van der Waals surface area contributed by atoms with E-state index in [1.165, 1.54) is 13.0 Å². The molecule has 0 aliphatic rings. The lowest BCUT2D eigenvalue weighted by atomic mass is 9.97. The molecule has 186 valence electrons. The molecule has 0 aliphatic heterocycles. The van der Waals surface area contributed by atoms with Crippen molar-refractivity contribution in [3.05, 3.63) is 84.2 Å². The first kappa shape index (κ1) is 26.5. The fourth-order valence-electron chi connectivity index (χ4n) is 3.20. The fourth-order valence-corrected chi connectivity index (χ4v) is 3.64. The first-order chi connectivity index (χ1) is 16.4. The summed E-state index contributed by atoms with van der Waals surface area (Å²) in [6.07, 6.45) is 0. The van der Waals surface area contributed by atoms with Gasteiger partial charge in [-0.05, 0) is 48.4 Å². The molecule has 3 aromatic rings. The second-order valence-corrected chi connectivity index (χ2v) is 9.72. The van der Waals surface area contributed by atoms with Crippen LogP contribution in [0, 0.1) is 5.82 Å². The van der Waals surface area contributed by atoms with Crippen LogP contribution in [-0.2, 0) is 13.9 Å². The third-order valence-corrected chi connectivity index (χ3v) is 5.78. The molecule has 0 fully saturated rings. The summed E-state index contributed by atoms with van der Waals surface area (Å²) in [5.74, 6) is -0.481. The van der Waals surface area contributed by atoms with Crippen molar-refractivity contribution >= 4 is 19.4 Å². The maximum absolute atomic E-state index is 14.7. The SMILES string of the molecule is CC(COc1ccc(NC(=O)[C@@](C)(N)COP(=O)(O)O)cc1)c1ccc(-c2ccccc2)c(F)c1. The molecule has 0 heterocycles. The summed E-state index contributed by atoms with van der Waals surface area (Å²) in [6, 6.07) is 21.0. The Morgan fingerprint density at radius 3 is 2.37 bits per heavy atom. The summed E-state index contributed by atoms with van der Waals surface area (Å²) in [5, 5.41) is 2.57. The van der Waals surface area contributed by atoms with Crippen molar-refractivity contribution in [2.24, 2.45) is 5.73 Å². The first-order valence-corrected chi connectivity index (χ1v) is 12.4. The smallest absolute Gasteiger partial charge is 0.469 e. The Balaban J connectivity index is 1.55. The number of halogens is 1. The molecule has 0 saturated carbocycles. The molecule has 3 rings (SSSR count). The van der Waals surface area contributed by atoms with Gasteiger partial charge in [-0.1, -0.05) is 49.4 Å². The lowest BCUT2D eigenvalue weighted by Gasteiger charge is -2.23. The summed E-state index contributed by atoms with van der Waals surface area (Å²) in [6.45, 7) is 2.89. The van der Waals surface area contributed by atoms with E-state index in [0.717, 1.165) is 11.1 Å². The predicted molar refractivity (Wildman–Crippen MR) is 131 cm³/mol. The Hall–Kier alpha value is -3.07. The normalized spacial score (nSPS) is 14.1. The predicted octanol–water partition coefficient (Wildman–Crippen LogP) is 4.44. The van der Waals surface area contributed by atoms with Gasteiger partial charge in [-0.25, -0.2) is 8.96 Å². The van der Waals surface area contributed by atoms with E-state index in [-0.39, 0.29) is 11.7 Å². The van der Waals surface area contributed by atoms with Gasteiger partial charge >= 0.3 is 7.82 Å². The van der Waals surface area contributed by atoms with Crippen LogP contribution < -0.4 is 15.8 Å². The number of carbonyl (C=O) groups excluding carboxylic acids is 1. The number of phosphoric ester groups is 1. The average Bonchev–Trinajstić information content (AvgIpc) is 2.82. The molecule has 5 N–H and O–H groups in total. The van der Waals surface area contributed by atoms with E-state index in [0.29, 0.717) is 23.6 Å². The molecule has 0 bridgehead atoms. The zero-order chi connectivity index (χ0) is 25.6. The number of carbonyl (C=O) groups is 1. The highest BCUT2D eigenvalue weighted by Crippen LogP contribution is 2.36. The average molecular weight is 502 g/mol. The Kier molecular flexibility index (Phi) is 8.43. The zero-order valence-electron chi connectivity index (χ0n) is 19.3. The lowest BCUT2D eigenvalue weighted by Crippen LogP contribution is -2.52. The molecule has 0 saturated heterocycles. The van der Waals surface area contributed by atoms with Crippen molar-refractivity contribution in [2.45, 2.75) is 25.3 Å². The highest BCUT2D eigenvalue weighted by molar-refractivity contribution is 7.46. The number of hydrogen-bond acceptors (Lipinski definition) is 5. The van der Waals surface area contributed by atoms with Gasteiger partial charge in [-0.15, -0.1) is 0 Å². The number of ether oxygens (including phenoxy) is 1. The quantitative estimate of drug-likeness (QED) is 0.302. The lowest BCUT2D eigenvalue weighted by molar-refractivity contribution is -0.121. The number of anilines is 1. The number of phosphoric acid groups is 1. The van der Waals surface area contributed by atoms with Crippen LogP contribution in [0.15, 0.2) is 72.8 Å². The van der Waals surface area contributed by atoms with Crippen LogP contribution in [0.4, 0.5) is 10.1 Å². The minimum atomic E-state index is -4.75. The Labute approximate surface area is 203 Å². The highest BCUT2D eigenvalue weighted by Gasteiger charge is 2.32. The van der Waals surface area contributed by atoms with Crippen molar-refractivity contribution < 1.29 is 32.8 Å². The van der Waals surface area contributed by atoms with Crippen LogP contribution in [0.25, 0.3) is 11.1 Å². The standard InChI is InChI=1S/C25H28FN2O6P/c1-17(19-8-13-22(23(26)14-19)18-6-4-3-5-7-18)15-33-21-11-9-20(10-12-21)28-24(29)25(2,27)16-34-35(30,31)32/h3-14,17H,15-16,27H2,1-2H3,(H,28,29)(H2,30,31,32)/t17?,25-/m0/s1. The fraction of sp³-hybridized carbons (Fsp3) is 0.240. The molecular formula is C25H28FN2O6P. The van der Waals surface area contributed by atoms with Crippen molar-refractivity contribution in [1.29, 1.82) is 0 Å². The number of rotatable bonds is 10. The largest absolute Gasteiger partial charge is 0.493 e. The van der Waals surface area contributed by atoms with Crippen LogP contribution >= 0.6 is 7.82 Å². The van der Waals surface area contributed by atoms with Crippen LogP contribution in [0.3, 0.4) is 0 Å². The topological polar surface area (TPSA) is 131 Å². The summed E-state index contributed by atoms with van der Waals surface area (Å²) in [4.78, 5) is 29.9. The summed E-state index contributed by atoms with van der Waals surface area (Å²) >= 11 is 0. The molecule has 3 aromatic carbocycles. The molecule has 10 heteroatoms. The number of benzene rings is 3. The van der Waals surface area contributed by atoms with Gasteiger partial charge in [0, 0.05) is 17.2 Å². The molecule has 35 heavy (non-hydrogen) atoms. The van der Waals surface area contributed by atoms with Gasteiger partial charge in [0.15, 0.2) is 0 Å². The van der Waals surface area contributed by atoms with Gasteiger partial charge in [-0.2, -0.15) is 0 Å². The molecule has 8 nitrogen and oxygen atoms in total. The maximum atomic E-state index is 14.7. The number of hydrogen-bond donors (Lipinski definition) is 4. The van der Waals surface area contributed by atoms with E-state index in [9.17, 15) is 13.8 Å². The van der Waals surface area contributed by atoms with Crippen molar-refractivity contribution in [3.8, 4) is 16.9 Å². The third kappa shape index (κ3) is 7.71. The molecule has 0 aromatic heterocycles. The van der Waals surface area contributed by atoms with E-state index >= 15 is 0 Å². The van der Waals surface area contributed by atoms with Crippen LogP contribution in [-0.4, -0.2) is 34.4 Å². The minimum absolute atomic E-state index is 0.0688. The monoisotopic (exact) mass is 502 g/mol. The first-order valence-electron chi connectivity index (χ1n) is 10.8. The van der Waals surface area contributed by atoms with E-state index < -0.39 is 25.9 Å². The summed E-state index contributed by atoms with van der Waals surface area (Å²) in [7, 11) is -4.75. The number of amides is 1. The maximum Gasteiger partial charge on any atom is 0.469 e. The van der Waals surface area contributed by atoms with Crippen LogP contribution in [0.5, 0.6) is 5.75 Å². The molecule has 0 spiro atoms. The van der Waals surface area contributed by atoms with Gasteiger partial charge in [0.25, 0.3) is 0 Å². The van der Waals surface area contributed by atoms with Gasteiger partial charge in [0.1, 0.15) is 17.1 Å². The van der Waals surface area contributed by atoms with Gasteiger partial charge in [-0.3, -0.25) is 9.32 Å². The Bertz CT molecular complexity index is 1200. The van der Waals surface area contributed by atoms with Crippen molar-refractivity contribution in [3.63, 3.8) is 0 Å². The van der Waals surface area contributed by atoms with Crippen molar-refractivity contribution in [2.75, 3.05) is 18.5 Å². The Morgan fingerprint density at radius 2 is 1.77 bits per heavy atom. The Morgan fingerprint density at radius 1 is 1.11 bits per heavy atom. The zero-order valence-corrected chi connectivity index (χ0v) is 20.2. The van der Waals surface area contributed by atoms with Gasteiger partial charge in [0.2, 0.25) is 5.91 Å². The number of nitrogens with one attached hydrogen (secondary N) is 1. The van der Waals surface area contributed by atoms with E-state index in [1.54, 1.807) is 30.3 Å². The molecule has 0 aliphatic carbocycles. The van der Waals surface area contributed by atoms with E-state index in [1.807, 2.05) is 43.3 Å². The molecule has 0 radical (unpaired) electrons.